The van der Waals surface area contributed by atoms with Crippen molar-refractivity contribution in [1.29, 1.82) is 0 Å². The maximum atomic E-state index is 12.5. The molecule has 4 nitrogen and oxygen atoms in total. The summed E-state index contributed by atoms with van der Waals surface area (Å²) < 4.78 is 0. The minimum Gasteiger partial charge on any atom is -0.370 e. The SMILES string of the molecule is CCNc1cc(C(=O)N(C)CCC(C)C)cc(CC)n1. The minimum absolute atomic E-state index is 0.0712. The van der Waals surface area contributed by atoms with Gasteiger partial charge in [0.1, 0.15) is 5.82 Å². The van der Waals surface area contributed by atoms with Crippen molar-refractivity contribution in [3.8, 4) is 0 Å². The van der Waals surface area contributed by atoms with Crippen LogP contribution in [0.5, 0.6) is 0 Å². The molecule has 1 N–H and O–H groups in total. The summed E-state index contributed by atoms with van der Waals surface area (Å²) in [5.41, 5.74) is 1.67. The Balaban J connectivity index is 2.87. The molecule has 0 atom stereocenters. The Morgan fingerprint density at radius 2 is 2.05 bits per heavy atom. The third-order valence-corrected chi connectivity index (χ3v) is 3.23. The lowest BCUT2D eigenvalue weighted by molar-refractivity contribution is 0.0789. The topological polar surface area (TPSA) is 45.2 Å². The molecule has 0 fully saturated rings. The molecule has 0 radical (unpaired) electrons. The number of carbonyl (C=O) groups excluding carboxylic acids is 1. The summed E-state index contributed by atoms with van der Waals surface area (Å²) in [6, 6.07) is 3.74. The molecule has 0 saturated carbocycles. The fourth-order valence-corrected chi connectivity index (χ4v) is 1.94. The summed E-state index contributed by atoms with van der Waals surface area (Å²) in [5, 5.41) is 3.18. The Morgan fingerprint density at radius 1 is 1.35 bits per heavy atom. The summed E-state index contributed by atoms with van der Waals surface area (Å²) in [4.78, 5) is 18.7. The summed E-state index contributed by atoms with van der Waals surface area (Å²) in [5.74, 6) is 1.46. The third-order valence-electron chi connectivity index (χ3n) is 3.23. The average molecular weight is 277 g/mol. The van der Waals surface area contributed by atoms with Crippen LogP contribution in [0.1, 0.15) is 50.2 Å². The van der Waals surface area contributed by atoms with E-state index in [9.17, 15) is 4.79 Å². The second kappa shape index (κ2) is 7.88. The number of amides is 1. The molecule has 0 aliphatic rings. The van der Waals surface area contributed by atoms with Gasteiger partial charge >= 0.3 is 0 Å². The molecule has 1 rings (SSSR count). The second-order valence-corrected chi connectivity index (χ2v) is 5.53. The Labute approximate surface area is 122 Å². The van der Waals surface area contributed by atoms with E-state index in [-0.39, 0.29) is 5.91 Å². The molecule has 0 spiro atoms. The number of nitrogens with one attached hydrogen (secondary N) is 1. The zero-order valence-electron chi connectivity index (χ0n) is 13.4. The van der Waals surface area contributed by atoms with E-state index >= 15 is 0 Å². The summed E-state index contributed by atoms with van der Waals surface area (Å²) in [6.45, 7) is 10.0. The Bertz CT molecular complexity index is 443. The molecule has 0 bridgehead atoms. The highest BCUT2D eigenvalue weighted by Gasteiger charge is 2.14. The number of anilines is 1. The van der Waals surface area contributed by atoms with Crippen LogP contribution in [0.3, 0.4) is 0 Å². The van der Waals surface area contributed by atoms with Gasteiger partial charge in [-0.3, -0.25) is 4.79 Å². The van der Waals surface area contributed by atoms with Gasteiger partial charge in [-0.1, -0.05) is 20.8 Å². The van der Waals surface area contributed by atoms with Gasteiger partial charge < -0.3 is 10.2 Å². The van der Waals surface area contributed by atoms with Crippen LogP contribution in [0.15, 0.2) is 12.1 Å². The fourth-order valence-electron chi connectivity index (χ4n) is 1.94. The van der Waals surface area contributed by atoms with E-state index in [0.29, 0.717) is 5.92 Å². The van der Waals surface area contributed by atoms with Crippen molar-refractivity contribution in [2.24, 2.45) is 5.92 Å². The lowest BCUT2D eigenvalue weighted by atomic mass is 10.1. The smallest absolute Gasteiger partial charge is 0.253 e. The molecular weight excluding hydrogens is 250 g/mol. The van der Waals surface area contributed by atoms with Crippen LogP contribution >= 0.6 is 0 Å². The zero-order chi connectivity index (χ0) is 15.1. The normalized spacial score (nSPS) is 10.7. The van der Waals surface area contributed by atoms with Gasteiger partial charge in [0, 0.05) is 31.4 Å². The van der Waals surface area contributed by atoms with Crippen LogP contribution in [0, 0.1) is 5.92 Å². The predicted octanol–water partition coefficient (Wildman–Crippen LogP) is 3.19. The van der Waals surface area contributed by atoms with Gasteiger partial charge in [-0.05, 0) is 37.8 Å². The van der Waals surface area contributed by atoms with Crippen molar-refractivity contribution < 1.29 is 4.79 Å². The van der Waals surface area contributed by atoms with Gasteiger partial charge in [-0.2, -0.15) is 0 Å². The highest BCUT2D eigenvalue weighted by molar-refractivity contribution is 5.94. The van der Waals surface area contributed by atoms with Gasteiger partial charge in [0.05, 0.1) is 0 Å². The number of pyridine rings is 1. The van der Waals surface area contributed by atoms with Crippen molar-refractivity contribution in [2.75, 3.05) is 25.5 Å². The van der Waals surface area contributed by atoms with E-state index in [0.717, 1.165) is 43.0 Å². The maximum Gasteiger partial charge on any atom is 0.253 e. The Hall–Kier alpha value is -1.58. The molecule has 20 heavy (non-hydrogen) atoms. The van der Waals surface area contributed by atoms with Crippen molar-refractivity contribution >= 4 is 11.7 Å². The van der Waals surface area contributed by atoms with Crippen molar-refractivity contribution in [1.82, 2.24) is 9.88 Å². The monoisotopic (exact) mass is 277 g/mol. The molecule has 112 valence electrons. The van der Waals surface area contributed by atoms with Gasteiger partial charge in [0.15, 0.2) is 0 Å². The standard InChI is InChI=1S/C16H27N3O/c1-6-14-10-13(11-15(18-14)17-7-2)16(20)19(5)9-8-12(3)4/h10-12H,6-9H2,1-5H3,(H,17,18). The number of hydrogen-bond acceptors (Lipinski definition) is 3. The Morgan fingerprint density at radius 3 is 2.60 bits per heavy atom. The summed E-state index contributed by atoms with van der Waals surface area (Å²) >= 11 is 0. The lowest BCUT2D eigenvalue weighted by Crippen LogP contribution is -2.28. The van der Waals surface area contributed by atoms with Crippen molar-refractivity contribution in [2.45, 2.75) is 40.5 Å². The third kappa shape index (κ3) is 4.83. The summed E-state index contributed by atoms with van der Waals surface area (Å²) in [7, 11) is 1.86. The molecule has 0 aliphatic heterocycles. The van der Waals surface area contributed by atoms with Crippen LogP contribution in [0.25, 0.3) is 0 Å². The van der Waals surface area contributed by atoms with Crippen molar-refractivity contribution in [3.63, 3.8) is 0 Å². The van der Waals surface area contributed by atoms with E-state index in [1.54, 1.807) is 4.90 Å². The van der Waals surface area contributed by atoms with E-state index < -0.39 is 0 Å². The van der Waals surface area contributed by atoms with E-state index in [4.69, 9.17) is 0 Å². The molecule has 1 aromatic rings. The number of aryl methyl sites for hydroxylation is 1. The molecule has 0 aliphatic carbocycles. The lowest BCUT2D eigenvalue weighted by Gasteiger charge is -2.19. The number of nitrogens with zero attached hydrogens (tertiary/aromatic N) is 2. The van der Waals surface area contributed by atoms with Gasteiger partial charge in [0.2, 0.25) is 0 Å². The average Bonchev–Trinajstić information content (AvgIpc) is 2.43. The zero-order valence-corrected chi connectivity index (χ0v) is 13.4. The van der Waals surface area contributed by atoms with Crippen LogP contribution in [-0.4, -0.2) is 35.9 Å². The van der Waals surface area contributed by atoms with Gasteiger partial charge in [-0.25, -0.2) is 4.98 Å². The van der Waals surface area contributed by atoms with E-state index in [1.165, 1.54) is 0 Å². The number of rotatable bonds is 7. The molecule has 4 heteroatoms. The van der Waals surface area contributed by atoms with Crippen molar-refractivity contribution in [3.05, 3.63) is 23.4 Å². The molecule has 1 heterocycles. The minimum atomic E-state index is 0.0712. The largest absolute Gasteiger partial charge is 0.370 e. The first kappa shape index (κ1) is 16.5. The van der Waals surface area contributed by atoms with Crippen LogP contribution in [-0.2, 0) is 6.42 Å². The van der Waals surface area contributed by atoms with Crippen LogP contribution < -0.4 is 5.32 Å². The molecular formula is C16H27N3O. The molecule has 0 saturated heterocycles. The molecule has 1 amide bonds. The van der Waals surface area contributed by atoms with E-state index in [2.05, 4.69) is 31.1 Å². The number of carbonyl (C=O) groups is 1. The molecule has 1 aromatic heterocycles. The highest BCUT2D eigenvalue weighted by Crippen LogP contribution is 2.14. The molecule has 0 unspecified atom stereocenters. The molecule has 0 aromatic carbocycles. The van der Waals surface area contributed by atoms with Gasteiger partial charge in [0.25, 0.3) is 5.91 Å². The predicted molar refractivity (Wildman–Crippen MR) is 84.2 cm³/mol. The maximum absolute atomic E-state index is 12.5. The first-order valence-electron chi connectivity index (χ1n) is 7.48. The number of hydrogen-bond donors (Lipinski definition) is 1. The summed E-state index contributed by atoms with van der Waals surface area (Å²) in [6.07, 6.45) is 1.85. The second-order valence-electron chi connectivity index (χ2n) is 5.53. The fraction of sp³-hybridized carbons (Fsp3) is 0.625. The number of aromatic nitrogens is 1. The highest BCUT2D eigenvalue weighted by atomic mass is 16.2. The first-order valence-corrected chi connectivity index (χ1v) is 7.48. The van der Waals surface area contributed by atoms with Crippen LogP contribution in [0.2, 0.25) is 0 Å². The van der Waals surface area contributed by atoms with Crippen LogP contribution in [0.4, 0.5) is 5.82 Å². The first-order chi connectivity index (χ1) is 9.47. The van der Waals surface area contributed by atoms with Gasteiger partial charge in [-0.15, -0.1) is 0 Å². The van der Waals surface area contributed by atoms with E-state index in [1.807, 2.05) is 26.1 Å². The Kier molecular flexibility index (Phi) is 6.49. The quantitative estimate of drug-likeness (QED) is 0.832.